The van der Waals surface area contributed by atoms with Crippen molar-refractivity contribution in [2.45, 2.75) is 55.4 Å². The molecule has 0 aliphatic carbocycles. The molecule has 0 saturated carbocycles. The van der Waals surface area contributed by atoms with Crippen LogP contribution in [-0.4, -0.2) is 7.11 Å². The third kappa shape index (κ3) is 36.2. The second-order valence-corrected chi connectivity index (χ2v) is 3.24. The standard InChI is InChI=1S/C9H14O.C8H12.2C2H6/c1-4-6-8-9(10-3)7-5-2;1-3-5-7-8-6-4-2;2*1-2/h4-8H,1-3H3;3-8H,1-2H3;2*1-2H3/b6-4-,7-5-,9-8+;5-3-,6-4-,8-7-;;. The fourth-order valence-corrected chi connectivity index (χ4v) is 0.897. The van der Waals surface area contributed by atoms with Crippen LogP contribution in [0.2, 0.25) is 0 Å². The van der Waals surface area contributed by atoms with Gasteiger partial charge in [-0.2, -0.15) is 0 Å². The molecule has 0 bridgehead atoms. The Morgan fingerprint density at radius 3 is 1.27 bits per heavy atom. The van der Waals surface area contributed by atoms with Gasteiger partial charge in [0.05, 0.1) is 7.11 Å². The van der Waals surface area contributed by atoms with Crippen LogP contribution in [0.5, 0.6) is 0 Å². The Labute approximate surface area is 140 Å². The van der Waals surface area contributed by atoms with E-state index in [0.717, 1.165) is 5.76 Å². The van der Waals surface area contributed by atoms with Crippen LogP contribution in [0.4, 0.5) is 0 Å². The first-order chi connectivity index (χ1) is 10.8. The Balaban J connectivity index is -0.000000121. The van der Waals surface area contributed by atoms with Gasteiger partial charge in [0, 0.05) is 0 Å². The lowest BCUT2D eigenvalue weighted by Crippen LogP contribution is -1.78. The Morgan fingerprint density at radius 2 is 1.00 bits per heavy atom. The fourth-order valence-electron chi connectivity index (χ4n) is 0.897. The first-order valence-electron chi connectivity index (χ1n) is 8.17. The summed E-state index contributed by atoms with van der Waals surface area (Å²) in [5.41, 5.74) is 0. The van der Waals surface area contributed by atoms with Crippen LogP contribution in [-0.2, 0) is 4.74 Å². The average Bonchev–Trinajstić information content (AvgIpc) is 2.60. The zero-order valence-corrected chi connectivity index (χ0v) is 16.3. The molecule has 0 unspecified atom stereocenters. The molecule has 0 aliphatic heterocycles. The molecule has 1 heteroatoms. The lowest BCUT2D eigenvalue weighted by Gasteiger charge is -1.95. The van der Waals surface area contributed by atoms with Crippen LogP contribution in [0, 0.1) is 0 Å². The zero-order chi connectivity index (χ0) is 18.1. The molecule has 0 N–H and O–H groups in total. The Kier molecular flexibility index (Phi) is 47.2. The van der Waals surface area contributed by atoms with E-state index in [0.29, 0.717) is 0 Å². The smallest absolute Gasteiger partial charge is 0.118 e. The lowest BCUT2D eigenvalue weighted by molar-refractivity contribution is 0.307. The van der Waals surface area contributed by atoms with E-state index in [1.807, 2.05) is 122 Å². The van der Waals surface area contributed by atoms with Crippen molar-refractivity contribution in [3.63, 3.8) is 0 Å². The van der Waals surface area contributed by atoms with Crippen LogP contribution in [0.1, 0.15) is 55.4 Å². The maximum atomic E-state index is 5.02. The molecular formula is C21H38O. The van der Waals surface area contributed by atoms with Gasteiger partial charge in [0.15, 0.2) is 0 Å². The van der Waals surface area contributed by atoms with Crippen molar-refractivity contribution in [1.29, 1.82) is 0 Å². The molecular weight excluding hydrogens is 268 g/mol. The van der Waals surface area contributed by atoms with Crippen molar-refractivity contribution in [3.8, 4) is 0 Å². The van der Waals surface area contributed by atoms with Crippen LogP contribution in [0.3, 0.4) is 0 Å². The highest BCUT2D eigenvalue weighted by atomic mass is 16.5. The van der Waals surface area contributed by atoms with Crippen molar-refractivity contribution < 1.29 is 4.74 Å². The van der Waals surface area contributed by atoms with Gasteiger partial charge in [-0.25, -0.2) is 0 Å². The predicted molar refractivity (Wildman–Crippen MR) is 106 cm³/mol. The Morgan fingerprint density at radius 1 is 0.591 bits per heavy atom. The molecule has 0 aromatic heterocycles. The van der Waals surface area contributed by atoms with Crippen LogP contribution in [0.15, 0.2) is 72.6 Å². The quantitative estimate of drug-likeness (QED) is 0.379. The number of ether oxygens (including phenoxy) is 1. The summed E-state index contributed by atoms with van der Waals surface area (Å²) in [4.78, 5) is 0. The number of methoxy groups -OCH3 is 1. The summed E-state index contributed by atoms with van der Waals surface area (Å²) in [6.07, 6.45) is 21.7. The van der Waals surface area contributed by atoms with E-state index in [4.69, 9.17) is 4.74 Å². The third-order valence-corrected chi connectivity index (χ3v) is 1.74. The summed E-state index contributed by atoms with van der Waals surface area (Å²) in [7, 11) is 1.66. The summed E-state index contributed by atoms with van der Waals surface area (Å²) in [6.45, 7) is 15.9. The van der Waals surface area contributed by atoms with Gasteiger partial charge in [-0.05, 0) is 39.8 Å². The van der Waals surface area contributed by atoms with E-state index >= 15 is 0 Å². The number of hydrogen-bond donors (Lipinski definition) is 0. The van der Waals surface area contributed by atoms with E-state index in [1.165, 1.54) is 0 Å². The average molecular weight is 307 g/mol. The third-order valence-electron chi connectivity index (χ3n) is 1.74. The minimum atomic E-state index is 0.876. The van der Waals surface area contributed by atoms with E-state index in [1.54, 1.807) is 7.11 Å². The van der Waals surface area contributed by atoms with Gasteiger partial charge in [-0.3, -0.25) is 0 Å². The minimum Gasteiger partial charge on any atom is -0.497 e. The summed E-state index contributed by atoms with van der Waals surface area (Å²) >= 11 is 0. The van der Waals surface area contributed by atoms with Crippen molar-refractivity contribution in [2.75, 3.05) is 7.11 Å². The van der Waals surface area contributed by atoms with Gasteiger partial charge in [-0.15, -0.1) is 0 Å². The topological polar surface area (TPSA) is 9.23 Å². The van der Waals surface area contributed by atoms with Crippen molar-refractivity contribution in [2.24, 2.45) is 0 Å². The first kappa shape index (κ1) is 28.4. The van der Waals surface area contributed by atoms with Crippen LogP contribution in [0.25, 0.3) is 0 Å². The molecule has 0 heterocycles. The molecule has 0 fully saturated rings. The van der Waals surface area contributed by atoms with Crippen molar-refractivity contribution in [3.05, 3.63) is 72.6 Å². The van der Waals surface area contributed by atoms with Crippen LogP contribution < -0.4 is 0 Å². The van der Waals surface area contributed by atoms with Crippen molar-refractivity contribution in [1.82, 2.24) is 0 Å². The van der Waals surface area contributed by atoms with Gasteiger partial charge in [0.2, 0.25) is 0 Å². The molecule has 0 radical (unpaired) electrons. The van der Waals surface area contributed by atoms with E-state index in [9.17, 15) is 0 Å². The van der Waals surface area contributed by atoms with E-state index < -0.39 is 0 Å². The summed E-state index contributed by atoms with van der Waals surface area (Å²) in [6, 6.07) is 0. The van der Waals surface area contributed by atoms with Crippen LogP contribution >= 0.6 is 0 Å². The molecule has 0 aliphatic rings. The zero-order valence-electron chi connectivity index (χ0n) is 16.3. The monoisotopic (exact) mass is 306 g/mol. The molecule has 1 nitrogen and oxygen atoms in total. The molecule has 0 saturated heterocycles. The SMILES string of the molecule is CC.CC.C\C=C/C=C(\C=C/C)OC.C\C=C/C=C\C=C/C. The first-order valence-corrected chi connectivity index (χ1v) is 8.17. The van der Waals surface area contributed by atoms with Gasteiger partial charge in [0.1, 0.15) is 5.76 Å². The highest BCUT2D eigenvalue weighted by Crippen LogP contribution is 1.97. The lowest BCUT2D eigenvalue weighted by atomic mass is 10.4. The summed E-state index contributed by atoms with van der Waals surface area (Å²) in [5.74, 6) is 0.876. The minimum absolute atomic E-state index is 0.876. The molecule has 0 rings (SSSR count). The molecule has 0 spiro atoms. The Hall–Kier alpha value is -1.76. The van der Waals surface area contributed by atoms with Gasteiger partial charge in [0.25, 0.3) is 0 Å². The van der Waals surface area contributed by atoms with Gasteiger partial charge >= 0.3 is 0 Å². The predicted octanol–water partition coefficient (Wildman–Crippen LogP) is 7.42. The fraction of sp³-hybridized carbons (Fsp3) is 0.429. The van der Waals surface area contributed by atoms with Crippen molar-refractivity contribution >= 4 is 0 Å². The van der Waals surface area contributed by atoms with E-state index in [-0.39, 0.29) is 0 Å². The normalized spacial score (nSPS) is 11.2. The largest absolute Gasteiger partial charge is 0.497 e. The molecule has 0 aromatic rings. The summed E-state index contributed by atoms with van der Waals surface area (Å²) < 4.78 is 5.02. The van der Waals surface area contributed by atoms with E-state index in [2.05, 4.69) is 0 Å². The highest BCUT2D eigenvalue weighted by Gasteiger charge is 1.81. The molecule has 128 valence electrons. The Bertz CT molecular complexity index is 312. The number of rotatable bonds is 5. The molecule has 0 atom stereocenters. The molecule has 0 amide bonds. The molecule has 0 aromatic carbocycles. The number of allylic oxidation sites excluding steroid dienone is 11. The van der Waals surface area contributed by atoms with Gasteiger partial charge in [-0.1, -0.05) is 82.4 Å². The number of hydrogen-bond acceptors (Lipinski definition) is 1. The highest BCUT2D eigenvalue weighted by molar-refractivity contribution is 5.17. The van der Waals surface area contributed by atoms with Gasteiger partial charge < -0.3 is 4.74 Å². The summed E-state index contributed by atoms with van der Waals surface area (Å²) in [5, 5.41) is 0. The maximum Gasteiger partial charge on any atom is 0.118 e. The molecule has 22 heavy (non-hydrogen) atoms. The maximum absolute atomic E-state index is 5.02. The second kappa shape index (κ2) is 36.5. The second-order valence-electron chi connectivity index (χ2n) is 3.24.